The van der Waals surface area contributed by atoms with E-state index in [-0.39, 0.29) is 17.8 Å². The van der Waals surface area contributed by atoms with Gasteiger partial charge in [0.25, 0.3) is 0 Å². The number of amides is 1. The van der Waals surface area contributed by atoms with Crippen LogP contribution in [0.4, 0.5) is 5.69 Å². The van der Waals surface area contributed by atoms with Crippen molar-refractivity contribution in [2.24, 2.45) is 0 Å². The van der Waals surface area contributed by atoms with Gasteiger partial charge in [-0.2, -0.15) is 0 Å². The molecule has 0 aliphatic carbocycles. The summed E-state index contributed by atoms with van der Waals surface area (Å²) in [6.07, 6.45) is 2.65. The molecule has 1 heterocycles. The summed E-state index contributed by atoms with van der Waals surface area (Å²) >= 11 is 0. The molecule has 1 fully saturated rings. The average molecular weight is 292 g/mol. The van der Waals surface area contributed by atoms with Crippen molar-refractivity contribution in [2.75, 3.05) is 25.0 Å². The molecule has 0 saturated carbocycles. The zero-order chi connectivity index (χ0) is 15.2. The molecular formula is C16H24N2O3. The van der Waals surface area contributed by atoms with Crippen LogP contribution in [0.3, 0.4) is 0 Å². The number of ether oxygens (including phenoxy) is 1. The number of phenolic OH excluding ortho intramolecular Hbond substituents is 1. The van der Waals surface area contributed by atoms with Crippen molar-refractivity contribution >= 4 is 11.6 Å². The second-order valence-electron chi connectivity index (χ2n) is 5.57. The van der Waals surface area contributed by atoms with E-state index in [1.165, 1.54) is 0 Å². The highest BCUT2D eigenvalue weighted by Gasteiger charge is 2.14. The Hall–Kier alpha value is -1.59. The quantitative estimate of drug-likeness (QED) is 0.727. The lowest BCUT2D eigenvalue weighted by atomic mass is 10.1. The summed E-state index contributed by atoms with van der Waals surface area (Å²) in [5, 5.41) is 15.8. The van der Waals surface area contributed by atoms with Gasteiger partial charge < -0.3 is 20.5 Å². The summed E-state index contributed by atoms with van der Waals surface area (Å²) in [6.45, 7) is 6.10. The van der Waals surface area contributed by atoms with E-state index in [0.717, 1.165) is 42.7 Å². The van der Waals surface area contributed by atoms with Crippen molar-refractivity contribution in [3.05, 3.63) is 23.3 Å². The van der Waals surface area contributed by atoms with E-state index in [9.17, 15) is 9.90 Å². The number of aryl methyl sites for hydroxylation is 2. The van der Waals surface area contributed by atoms with Crippen molar-refractivity contribution in [3.8, 4) is 5.75 Å². The number of piperidine rings is 1. The molecule has 21 heavy (non-hydrogen) atoms. The number of phenols is 1. The first-order valence-corrected chi connectivity index (χ1v) is 7.48. The van der Waals surface area contributed by atoms with Gasteiger partial charge in [0.05, 0.1) is 19.1 Å². The maximum Gasteiger partial charge on any atom is 0.226 e. The largest absolute Gasteiger partial charge is 0.508 e. The molecule has 0 radical (unpaired) electrons. The Morgan fingerprint density at radius 3 is 2.76 bits per heavy atom. The van der Waals surface area contributed by atoms with E-state index in [2.05, 4.69) is 10.6 Å². The van der Waals surface area contributed by atoms with Gasteiger partial charge in [-0.05, 0) is 63.0 Å². The number of hydrogen-bond donors (Lipinski definition) is 3. The molecule has 0 unspecified atom stereocenters. The fraction of sp³-hybridized carbons (Fsp3) is 0.562. The van der Waals surface area contributed by atoms with Crippen LogP contribution >= 0.6 is 0 Å². The molecule has 116 valence electrons. The predicted molar refractivity (Wildman–Crippen MR) is 82.7 cm³/mol. The van der Waals surface area contributed by atoms with E-state index in [0.29, 0.717) is 13.0 Å². The fourth-order valence-electron chi connectivity index (χ4n) is 2.43. The molecule has 0 aromatic heterocycles. The van der Waals surface area contributed by atoms with Crippen molar-refractivity contribution in [1.82, 2.24) is 5.32 Å². The zero-order valence-electron chi connectivity index (χ0n) is 12.7. The predicted octanol–water partition coefficient (Wildman–Crippen LogP) is 2.11. The minimum absolute atomic E-state index is 0.0582. The number of hydrogen-bond acceptors (Lipinski definition) is 4. The SMILES string of the molecule is Cc1cc(NC(=O)CCOC2CCNCC2)c(C)cc1O. The first-order chi connectivity index (χ1) is 10.1. The lowest BCUT2D eigenvalue weighted by Gasteiger charge is -2.22. The van der Waals surface area contributed by atoms with Crippen LogP contribution in [0.2, 0.25) is 0 Å². The molecule has 1 aliphatic rings. The van der Waals surface area contributed by atoms with Gasteiger partial charge >= 0.3 is 0 Å². The summed E-state index contributed by atoms with van der Waals surface area (Å²) in [6, 6.07) is 3.45. The van der Waals surface area contributed by atoms with Crippen LogP contribution in [0.5, 0.6) is 5.75 Å². The molecule has 5 heteroatoms. The first-order valence-electron chi connectivity index (χ1n) is 7.48. The van der Waals surface area contributed by atoms with Crippen molar-refractivity contribution in [3.63, 3.8) is 0 Å². The number of anilines is 1. The topological polar surface area (TPSA) is 70.6 Å². The normalized spacial score (nSPS) is 15.9. The zero-order valence-corrected chi connectivity index (χ0v) is 12.7. The van der Waals surface area contributed by atoms with E-state index >= 15 is 0 Å². The monoisotopic (exact) mass is 292 g/mol. The van der Waals surface area contributed by atoms with Crippen LogP contribution in [0.1, 0.15) is 30.4 Å². The minimum atomic E-state index is -0.0582. The maximum atomic E-state index is 11.9. The van der Waals surface area contributed by atoms with Gasteiger partial charge in [-0.1, -0.05) is 0 Å². The fourth-order valence-corrected chi connectivity index (χ4v) is 2.43. The molecule has 3 N–H and O–H groups in total. The lowest BCUT2D eigenvalue weighted by Crippen LogP contribution is -2.33. The van der Waals surface area contributed by atoms with E-state index in [4.69, 9.17) is 4.74 Å². The maximum absolute atomic E-state index is 11.9. The summed E-state index contributed by atoms with van der Waals surface area (Å²) in [5.74, 6) is 0.192. The Labute approximate surface area is 125 Å². The van der Waals surface area contributed by atoms with Crippen LogP contribution in [0.15, 0.2) is 12.1 Å². The van der Waals surface area contributed by atoms with E-state index < -0.39 is 0 Å². The third-order valence-electron chi connectivity index (χ3n) is 3.79. The highest BCUT2D eigenvalue weighted by molar-refractivity contribution is 5.91. The smallest absolute Gasteiger partial charge is 0.226 e. The van der Waals surface area contributed by atoms with Gasteiger partial charge in [0, 0.05) is 5.69 Å². The van der Waals surface area contributed by atoms with Crippen LogP contribution in [0, 0.1) is 13.8 Å². The standard InChI is InChI=1S/C16H24N2O3/c1-11-10-15(19)12(2)9-14(11)18-16(20)5-8-21-13-3-6-17-7-4-13/h9-10,13,17,19H,3-8H2,1-2H3,(H,18,20). The minimum Gasteiger partial charge on any atom is -0.508 e. The van der Waals surface area contributed by atoms with Gasteiger partial charge in [0.1, 0.15) is 5.75 Å². The molecule has 0 spiro atoms. The Morgan fingerprint density at radius 1 is 1.33 bits per heavy atom. The van der Waals surface area contributed by atoms with Crippen molar-refractivity contribution in [2.45, 2.75) is 39.2 Å². The number of benzene rings is 1. The van der Waals surface area contributed by atoms with E-state index in [1.54, 1.807) is 12.1 Å². The summed E-state index contributed by atoms with van der Waals surface area (Å²) in [7, 11) is 0. The Morgan fingerprint density at radius 2 is 2.05 bits per heavy atom. The van der Waals surface area contributed by atoms with E-state index in [1.807, 2.05) is 13.8 Å². The number of carbonyl (C=O) groups excluding carboxylic acids is 1. The highest BCUT2D eigenvalue weighted by atomic mass is 16.5. The number of rotatable bonds is 5. The van der Waals surface area contributed by atoms with Crippen molar-refractivity contribution < 1.29 is 14.6 Å². The molecule has 1 aromatic carbocycles. The third-order valence-corrected chi connectivity index (χ3v) is 3.79. The average Bonchev–Trinajstić information content (AvgIpc) is 2.46. The number of carbonyl (C=O) groups is 1. The lowest BCUT2D eigenvalue weighted by molar-refractivity contribution is -0.117. The molecule has 1 aromatic rings. The third kappa shape index (κ3) is 4.72. The molecule has 1 saturated heterocycles. The van der Waals surface area contributed by atoms with Gasteiger partial charge in [0.15, 0.2) is 0 Å². The van der Waals surface area contributed by atoms with Gasteiger partial charge in [0.2, 0.25) is 5.91 Å². The second kappa shape index (κ2) is 7.43. The summed E-state index contributed by atoms with van der Waals surface area (Å²) in [4.78, 5) is 11.9. The van der Waals surface area contributed by atoms with Crippen LogP contribution in [-0.2, 0) is 9.53 Å². The first kappa shape index (κ1) is 15.8. The van der Waals surface area contributed by atoms with Gasteiger partial charge in [-0.25, -0.2) is 0 Å². The molecule has 0 bridgehead atoms. The Bertz CT molecular complexity index is 497. The van der Waals surface area contributed by atoms with Crippen LogP contribution in [-0.4, -0.2) is 36.8 Å². The molecule has 1 amide bonds. The molecule has 5 nitrogen and oxygen atoms in total. The Kier molecular flexibility index (Phi) is 5.59. The second-order valence-corrected chi connectivity index (χ2v) is 5.57. The van der Waals surface area contributed by atoms with Gasteiger partial charge in [-0.15, -0.1) is 0 Å². The molecule has 0 atom stereocenters. The van der Waals surface area contributed by atoms with Crippen LogP contribution in [0.25, 0.3) is 0 Å². The van der Waals surface area contributed by atoms with Gasteiger partial charge in [-0.3, -0.25) is 4.79 Å². The molecule has 2 rings (SSSR count). The highest BCUT2D eigenvalue weighted by Crippen LogP contribution is 2.25. The number of aromatic hydroxyl groups is 1. The molecular weight excluding hydrogens is 268 g/mol. The van der Waals surface area contributed by atoms with Crippen molar-refractivity contribution in [1.29, 1.82) is 0 Å². The molecule has 1 aliphatic heterocycles. The summed E-state index contributed by atoms with van der Waals surface area (Å²) < 4.78 is 5.72. The Balaban J connectivity index is 1.77. The summed E-state index contributed by atoms with van der Waals surface area (Å²) in [5.41, 5.74) is 2.35. The van der Waals surface area contributed by atoms with Crippen LogP contribution < -0.4 is 10.6 Å². The number of nitrogens with one attached hydrogen (secondary N) is 2.